The van der Waals surface area contributed by atoms with Crippen LogP contribution in [0.15, 0.2) is 28.0 Å². The highest BCUT2D eigenvalue weighted by Gasteiger charge is 2.24. The van der Waals surface area contributed by atoms with E-state index in [1.165, 1.54) is 19.2 Å². The van der Waals surface area contributed by atoms with Gasteiger partial charge in [0.1, 0.15) is 10.6 Å². The SMILES string of the molecule is COc1ccc(S(=O)(=O)NC(C)C)cc1S(=O)(=O)NC(C)C. The molecule has 0 aromatic heterocycles. The van der Waals surface area contributed by atoms with Gasteiger partial charge >= 0.3 is 0 Å². The van der Waals surface area contributed by atoms with E-state index in [-0.39, 0.29) is 27.6 Å². The average molecular weight is 350 g/mol. The summed E-state index contributed by atoms with van der Waals surface area (Å²) in [5.41, 5.74) is 0. The first-order valence-electron chi connectivity index (χ1n) is 6.72. The molecule has 0 aliphatic carbocycles. The zero-order valence-corrected chi connectivity index (χ0v) is 14.9. The third-order valence-corrected chi connectivity index (χ3v) is 5.85. The number of rotatable bonds is 7. The third kappa shape index (κ3) is 4.67. The summed E-state index contributed by atoms with van der Waals surface area (Å²) in [6.07, 6.45) is 0. The summed E-state index contributed by atoms with van der Waals surface area (Å²) in [5.74, 6) is 0.0802. The molecule has 22 heavy (non-hydrogen) atoms. The predicted octanol–water partition coefficient (Wildman–Crippen LogP) is 1.07. The molecule has 0 radical (unpaired) electrons. The molecule has 0 amide bonds. The molecule has 0 unspecified atom stereocenters. The standard InChI is InChI=1S/C13H22N2O5S2/c1-9(2)14-21(16,17)11-6-7-12(20-5)13(8-11)22(18,19)15-10(3)4/h6-10,14-15H,1-5H3. The fraction of sp³-hybridized carbons (Fsp3) is 0.538. The van der Waals surface area contributed by atoms with Gasteiger partial charge in [0.25, 0.3) is 0 Å². The van der Waals surface area contributed by atoms with E-state index >= 15 is 0 Å². The largest absolute Gasteiger partial charge is 0.495 e. The number of hydrogen-bond acceptors (Lipinski definition) is 5. The van der Waals surface area contributed by atoms with Crippen molar-refractivity contribution in [1.82, 2.24) is 9.44 Å². The molecule has 7 nitrogen and oxygen atoms in total. The monoisotopic (exact) mass is 350 g/mol. The zero-order chi connectivity index (χ0) is 17.1. The Labute approximate surface area is 132 Å². The Bertz CT molecular complexity index is 725. The summed E-state index contributed by atoms with van der Waals surface area (Å²) >= 11 is 0. The Morgan fingerprint density at radius 3 is 1.86 bits per heavy atom. The van der Waals surface area contributed by atoms with Crippen molar-refractivity contribution in [1.29, 1.82) is 0 Å². The minimum Gasteiger partial charge on any atom is -0.495 e. The fourth-order valence-corrected chi connectivity index (χ4v) is 4.58. The van der Waals surface area contributed by atoms with Crippen molar-refractivity contribution in [3.63, 3.8) is 0 Å². The molecule has 1 aromatic carbocycles. The molecule has 1 aromatic rings. The molecule has 0 saturated heterocycles. The van der Waals surface area contributed by atoms with Crippen LogP contribution < -0.4 is 14.2 Å². The Balaban J connectivity index is 3.43. The summed E-state index contributed by atoms with van der Waals surface area (Å²) in [5, 5.41) is 0. The van der Waals surface area contributed by atoms with Crippen molar-refractivity contribution < 1.29 is 21.6 Å². The van der Waals surface area contributed by atoms with E-state index in [2.05, 4.69) is 9.44 Å². The zero-order valence-electron chi connectivity index (χ0n) is 13.2. The maximum Gasteiger partial charge on any atom is 0.244 e. The van der Waals surface area contributed by atoms with Gasteiger partial charge in [-0.15, -0.1) is 0 Å². The molecule has 0 atom stereocenters. The average Bonchev–Trinajstić information content (AvgIpc) is 2.34. The number of nitrogens with one attached hydrogen (secondary N) is 2. The second-order valence-electron chi connectivity index (χ2n) is 5.36. The van der Waals surface area contributed by atoms with E-state index in [9.17, 15) is 16.8 Å². The van der Waals surface area contributed by atoms with Crippen LogP contribution in [0, 0.1) is 0 Å². The smallest absolute Gasteiger partial charge is 0.244 e. The molecule has 0 spiro atoms. The molecule has 0 saturated carbocycles. The van der Waals surface area contributed by atoms with Gasteiger partial charge in [0.15, 0.2) is 0 Å². The minimum atomic E-state index is -3.88. The van der Waals surface area contributed by atoms with Gasteiger partial charge < -0.3 is 4.74 Å². The van der Waals surface area contributed by atoms with Crippen LogP contribution >= 0.6 is 0 Å². The second kappa shape index (κ2) is 6.95. The summed E-state index contributed by atoms with van der Waals surface area (Å²) < 4.78 is 58.8. The summed E-state index contributed by atoms with van der Waals surface area (Å²) in [7, 11) is -6.35. The molecule has 0 aliphatic heterocycles. The molecule has 0 heterocycles. The van der Waals surface area contributed by atoms with E-state index in [1.54, 1.807) is 27.7 Å². The topological polar surface area (TPSA) is 102 Å². The minimum absolute atomic E-state index is 0.0802. The van der Waals surface area contributed by atoms with Gasteiger partial charge in [0, 0.05) is 12.1 Å². The van der Waals surface area contributed by atoms with Gasteiger partial charge in [-0.05, 0) is 45.9 Å². The molecular weight excluding hydrogens is 328 g/mol. The van der Waals surface area contributed by atoms with Crippen LogP contribution in [0.25, 0.3) is 0 Å². The van der Waals surface area contributed by atoms with Crippen LogP contribution in [0.1, 0.15) is 27.7 Å². The van der Waals surface area contributed by atoms with Crippen LogP contribution in [0.4, 0.5) is 0 Å². The van der Waals surface area contributed by atoms with Gasteiger partial charge in [-0.1, -0.05) is 0 Å². The van der Waals surface area contributed by atoms with Gasteiger partial charge in [-0.2, -0.15) is 0 Å². The number of benzene rings is 1. The normalized spacial score (nSPS) is 12.9. The summed E-state index contributed by atoms with van der Waals surface area (Å²) in [6, 6.07) is 3.08. The van der Waals surface area contributed by atoms with E-state index in [0.717, 1.165) is 6.07 Å². The van der Waals surface area contributed by atoms with E-state index < -0.39 is 20.0 Å². The Morgan fingerprint density at radius 2 is 1.41 bits per heavy atom. The van der Waals surface area contributed by atoms with Crippen LogP contribution in [-0.4, -0.2) is 36.0 Å². The number of hydrogen-bond donors (Lipinski definition) is 2. The van der Waals surface area contributed by atoms with Crippen molar-refractivity contribution in [2.24, 2.45) is 0 Å². The first-order valence-corrected chi connectivity index (χ1v) is 9.69. The number of methoxy groups -OCH3 is 1. The second-order valence-corrected chi connectivity index (χ2v) is 8.76. The van der Waals surface area contributed by atoms with Crippen LogP contribution in [-0.2, 0) is 20.0 Å². The summed E-state index contributed by atoms with van der Waals surface area (Å²) in [6.45, 7) is 6.70. The molecule has 0 bridgehead atoms. The van der Waals surface area contributed by atoms with Crippen molar-refractivity contribution in [2.45, 2.75) is 49.6 Å². The van der Waals surface area contributed by atoms with Crippen LogP contribution in [0.2, 0.25) is 0 Å². The molecule has 126 valence electrons. The molecule has 0 aliphatic rings. The lowest BCUT2D eigenvalue weighted by atomic mass is 10.3. The first-order chi connectivity index (χ1) is 9.99. The van der Waals surface area contributed by atoms with E-state index in [1.807, 2.05) is 0 Å². The van der Waals surface area contributed by atoms with Crippen molar-refractivity contribution >= 4 is 20.0 Å². The molecule has 2 N–H and O–H groups in total. The highest BCUT2D eigenvalue weighted by Crippen LogP contribution is 2.27. The number of sulfonamides is 2. The van der Waals surface area contributed by atoms with Crippen LogP contribution in [0.5, 0.6) is 5.75 Å². The van der Waals surface area contributed by atoms with Gasteiger partial charge in [-0.3, -0.25) is 0 Å². The lowest BCUT2D eigenvalue weighted by Crippen LogP contribution is -2.32. The van der Waals surface area contributed by atoms with Crippen molar-refractivity contribution in [2.75, 3.05) is 7.11 Å². The quantitative estimate of drug-likeness (QED) is 0.766. The Kier molecular flexibility index (Phi) is 5.96. The first kappa shape index (κ1) is 18.9. The fourth-order valence-electron chi connectivity index (χ4n) is 1.79. The Morgan fingerprint density at radius 1 is 0.909 bits per heavy atom. The molecule has 9 heteroatoms. The van der Waals surface area contributed by atoms with Crippen molar-refractivity contribution in [3.8, 4) is 5.75 Å². The van der Waals surface area contributed by atoms with Gasteiger partial charge in [-0.25, -0.2) is 26.3 Å². The third-order valence-electron chi connectivity index (χ3n) is 2.52. The maximum absolute atomic E-state index is 12.3. The summed E-state index contributed by atoms with van der Waals surface area (Å²) in [4.78, 5) is -0.346. The maximum atomic E-state index is 12.3. The van der Waals surface area contributed by atoms with E-state index in [0.29, 0.717) is 0 Å². The lowest BCUT2D eigenvalue weighted by Gasteiger charge is -2.15. The highest BCUT2D eigenvalue weighted by atomic mass is 32.2. The van der Waals surface area contributed by atoms with Crippen molar-refractivity contribution in [3.05, 3.63) is 18.2 Å². The molecule has 1 rings (SSSR count). The number of ether oxygens (including phenoxy) is 1. The Hall–Kier alpha value is -1.16. The lowest BCUT2D eigenvalue weighted by molar-refractivity contribution is 0.401. The van der Waals surface area contributed by atoms with Gasteiger partial charge in [0.05, 0.1) is 12.0 Å². The van der Waals surface area contributed by atoms with Gasteiger partial charge in [0.2, 0.25) is 20.0 Å². The van der Waals surface area contributed by atoms with E-state index in [4.69, 9.17) is 4.74 Å². The molecular formula is C13H22N2O5S2. The van der Waals surface area contributed by atoms with Crippen LogP contribution in [0.3, 0.4) is 0 Å². The highest BCUT2D eigenvalue weighted by molar-refractivity contribution is 7.90. The molecule has 0 fully saturated rings. The predicted molar refractivity (Wildman–Crippen MR) is 83.9 cm³/mol.